The van der Waals surface area contributed by atoms with Gasteiger partial charge in [-0.1, -0.05) is 12.1 Å². The third-order valence-electron chi connectivity index (χ3n) is 3.09. The topological polar surface area (TPSA) is 65.4 Å². The first kappa shape index (κ1) is 12.1. The minimum atomic E-state index is 0.635. The van der Waals surface area contributed by atoms with E-state index in [0.29, 0.717) is 5.56 Å². The van der Waals surface area contributed by atoms with Crippen molar-refractivity contribution in [2.45, 2.75) is 6.92 Å². The Morgan fingerprint density at radius 1 is 1.10 bits per heavy atom. The van der Waals surface area contributed by atoms with Gasteiger partial charge in [-0.25, -0.2) is 0 Å². The average molecular weight is 260 g/mol. The van der Waals surface area contributed by atoms with Gasteiger partial charge in [-0.3, -0.25) is 10.1 Å². The molecule has 4 heteroatoms. The fourth-order valence-corrected chi connectivity index (χ4v) is 1.99. The Hall–Kier alpha value is -2.93. The monoisotopic (exact) mass is 260 g/mol. The van der Waals surface area contributed by atoms with Crippen LogP contribution in [0.4, 0.5) is 0 Å². The lowest BCUT2D eigenvalue weighted by Gasteiger charge is -1.97. The van der Waals surface area contributed by atoms with E-state index in [2.05, 4.69) is 21.3 Å². The van der Waals surface area contributed by atoms with Crippen molar-refractivity contribution >= 4 is 0 Å². The van der Waals surface area contributed by atoms with Crippen molar-refractivity contribution in [2.24, 2.45) is 0 Å². The van der Waals surface area contributed by atoms with Crippen LogP contribution in [0.15, 0.2) is 48.7 Å². The molecule has 0 aliphatic rings. The molecule has 2 heterocycles. The molecule has 96 valence electrons. The van der Waals surface area contributed by atoms with Gasteiger partial charge in [0, 0.05) is 23.0 Å². The molecule has 0 saturated heterocycles. The van der Waals surface area contributed by atoms with Crippen LogP contribution in [0.1, 0.15) is 11.3 Å². The second-order valence-electron chi connectivity index (χ2n) is 4.55. The van der Waals surface area contributed by atoms with Crippen LogP contribution in [0.3, 0.4) is 0 Å². The van der Waals surface area contributed by atoms with E-state index >= 15 is 0 Å². The molecule has 0 fully saturated rings. The Morgan fingerprint density at radius 2 is 2.00 bits per heavy atom. The van der Waals surface area contributed by atoms with Gasteiger partial charge >= 0.3 is 0 Å². The number of hydrogen-bond donors (Lipinski definition) is 1. The summed E-state index contributed by atoms with van der Waals surface area (Å²) in [6, 6.07) is 15.5. The molecule has 0 radical (unpaired) electrons. The molecule has 0 atom stereocenters. The Balaban J connectivity index is 1.97. The minimum Gasteiger partial charge on any atom is -0.277 e. The number of hydrogen-bond acceptors (Lipinski definition) is 3. The van der Waals surface area contributed by atoms with Crippen molar-refractivity contribution in [1.82, 2.24) is 15.2 Å². The third kappa shape index (κ3) is 2.29. The highest BCUT2D eigenvalue weighted by molar-refractivity contribution is 5.68. The first-order chi connectivity index (χ1) is 9.76. The van der Waals surface area contributed by atoms with Gasteiger partial charge in [0.05, 0.1) is 23.0 Å². The van der Waals surface area contributed by atoms with E-state index in [4.69, 9.17) is 5.26 Å². The van der Waals surface area contributed by atoms with Crippen molar-refractivity contribution in [3.05, 3.63) is 59.9 Å². The number of nitriles is 1. The van der Waals surface area contributed by atoms with E-state index in [1.807, 2.05) is 43.3 Å². The Kier molecular flexibility index (Phi) is 3.02. The molecule has 1 aromatic carbocycles. The Bertz CT molecular complexity index is 779. The fraction of sp³-hybridized carbons (Fsp3) is 0.0625. The van der Waals surface area contributed by atoms with Crippen molar-refractivity contribution < 1.29 is 0 Å². The normalized spacial score (nSPS) is 10.2. The van der Waals surface area contributed by atoms with Crippen molar-refractivity contribution in [1.29, 1.82) is 5.26 Å². The van der Waals surface area contributed by atoms with E-state index in [0.717, 1.165) is 28.2 Å². The number of aromatic amines is 1. The molecule has 1 N–H and O–H groups in total. The average Bonchev–Trinajstić information content (AvgIpc) is 2.98. The van der Waals surface area contributed by atoms with Crippen LogP contribution in [-0.2, 0) is 0 Å². The van der Waals surface area contributed by atoms with Gasteiger partial charge in [-0.05, 0) is 37.3 Å². The molecule has 0 bridgehead atoms. The summed E-state index contributed by atoms with van der Waals surface area (Å²) >= 11 is 0. The highest BCUT2D eigenvalue weighted by Crippen LogP contribution is 2.23. The van der Waals surface area contributed by atoms with Gasteiger partial charge in [-0.15, -0.1) is 0 Å². The summed E-state index contributed by atoms with van der Waals surface area (Å²) in [4.78, 5) is 4.27. The zero-order valence-corrected chi connectivity index (χ0v) is 11.0. The number of rotatable bonds is 2. The van der Waals surface area contributed by atoms with Crippen molar-refractivity contribution in [3.63, 3.8) is 0 Å². The maximum absolute atomic E-state index is 8.93. The summed E-state index contributed by atoms with van der Waals surface area (Å²) in [7, 11) is 0. The molecule has 3 rings (SSSR count). The summed E-state index contributed by atoms with van der Waals surface area (Å²) in [6.45, 7) is 1.95. The number of nitrogens with one attached hydrogen (secondary N) is 1. The maximum atomic E-state index is 8.93. The second kappa shape index (κ2) is 4.98. The van der Waals surface area contributed by atoms with Gasteiger partial charge in [0.25, 0.3) is 0 Å². The largest absolute Gasteiger partial charge is 0.277 e. The summed E-state index contributed by atoms with van der Waals surface area (Å²) in [5.41, 5.74) is 5.26. The van der Waals surface area contributed by atoms with Gasteiger partial charge in [-0.2, -0.15) is 10.4 Å². The fourth-order valence-electron chi connectivity index (χ4n) is 1.99. The van der Waals surface area contributed by atoms with Gasteiger partial charge in [0.2, 0.25) is 0 Å². The number of aromatic nitrogens is 3. The van der Waals surface area contributed by atoms with E-state index in [-0.39, 0.29) is 0 Å². The number of H-pyrrole nitrogens is 1. The number of aryl methyl sites for hydroxylation is 1. The first-order valence-corrected chi connectivity index (χ1v) is 6.25. The Labute approximate surface area is 116 Å². The van der Waals surface area contributed by atoms with Gasteiger partial charge in [0.1, 0.15) is 0 Å². The predicted molar refractivity (Wildman–Crippen MR) is 76.7 cm³/mol. The molecule has 0 aliphatic carbocycles. The molecule has 4 nitrogen and oxygen atoms in total. The van der Waals surface area contributed by atoms with Crippen LogP contribution in [0.2, 0.25) is 0 Å². The molecular weight excluding hydrogens is 248 g/mol. The van der Waals surface area contributed by atoms with E-state index < -0.39 is 0 Å². The van der Waals surface area contributed by atoms with Gasteiger partial charge in [0.15, 0.2) is 0 Å². The SMILES string of the molecule is Cc1ccc(-c2cc(-c3cccc(C#N)c3)[nH]n2)cn1. The molecule has 0 amide bonds. The summed E-state index contributed by atoms with van der Waals surface area (Å²) in [6.07, 6.45) is 1.81. The predicted octanol–water partition coefficient (Wildman–Crippen LogP) is 3.32. The molecule has 0 unspecified atom stereocenters. The summed E-state index contributed by atoms with van der Waals surface area (Å²) in [5.74, 6) is 0. The third-order valence-corrected chi connectivity index (χ3v) is 3.09. The second-order valence-corrected chi connectivity index (χ2v) is 4.55. The smallest absolute Gasteiger partial charge is 0.0991 e. The number of nitrogens with zero attached hydrogens (tertiary/aromatic N) is 3. The lowest BCUT2D eigenvalue weighted by atomic mass is 10.1. The van der Waals surface area contributed by atoms with E-state index in [9.17, 15) is 0 Å². The zero-order valence-electron chi connectivity index (χ0n) is 11.0. The number of benzene rings is 1. The van der Waals surface area contributed by atoms with Crippen LogP contribution in [-0.4, -0.2) is 15.2 Å². The zero-order chi connectivity index (χ0) is 13.9. The molecule has 0 aliphatic heterocycles. The van der Waals surface area contributed by atoms with Crippen LogP contribution in [0.25, 0.3) is 22.5 Å². The lowest BCUT2D eigenvalue weighted by Crippen LogP contribution is -1.82. The van der Waals surface area contributed by atoms with Crippen LogP contribution >= 0.6 is 0 Å². The van der Waals surface area contributed by atoms with E-state index in [1.165, 1.54) is 0 Å². The highest BCUT2D eigenvalue weighted by atomic mass is 15.1. The van der Waals surface area contributed by atoms with Crippen molar-refractivity contribution in [3.8, 4) is 28.6 Å². The molecular formula is C16H12N4. The molecule has 0 saturated carbocycles. The van der Waals surface area contributed by atoms with Crippen molar-refractivity contribution in [2.75, 3.05) is 0 Å². The van der Waals surface area contributed by atoms with Crippen LogP contribution in [0, 0.1) is 18.3 Å². The summed E-state index contributed by atoms with van der Waals surface area (Å²) in [5, 5.41) is 16.2. The van der Waals surface area contributed by atoms with E-state index in [1.54, 1.807) is 12.3 Å². The first-order valence-electron chi connectivity index (χ1n) is 6.25. The van der Waals surface area contributed by atoms with Crippen LogP contribution < -0.4 is 0 Å². The molecule has 2 aromatic heterocycles. The summed E-state index contributed by atoms with van der Waals surface area (Å²) < 4.78 is 0. The van der Waals surface area contributed by atoms with Crippen LogP contribution in [0.5, 0.6) is 0 Å². The maximum Gasteiger partial charge on any atom is 0.0991 e. The van der Waals surface area contributed by atoms with Gasteiger partial charge < -0.3 is 0 Å². The highest BCUT2D eigenvalue weighted by Gasteiger charge is 2.06. The molecule has 20 heavy (non-hydrogen) atoms. The quantitative estimate of drug-likeness (QED) is 0.768. The standard InChI is InChI=1S/C16H12N4/c1-11-5-6-14(10-18-11)16-8-15(19-20-16)13-4-2-3-12(7-13)9-17/h2-8,10H,1H3,(H,19,20). The Morgan fingerprint density at radius 3 is 2.75 bits per heavy atom. The number of pyridine rings is 1. The molecule has 3 aromatic rings. The molecule has 0 spiro atoms. The lowest BCUT2D eigenvalue weighted by molar-refractivity contribution is 1.09. The minimum absolute atomic E-state index is 0.635.